The zero-order chi connectivity index (χ0) is 17.8. The minimum Gasteiger partial charge on any atom is -0.461 e. The molecule has 1 aliphatic heterocycles. The van der Waals surface area contributed by atoms with Crippen LogP contribution in [0.15, 0.2) is 27.8 Å². The molecule has 3 heterocycles. The number of likely N-dealkylation sites (tertiary alicyclic amines) is 1. The van der Waals surface area contributed by atoms with Crippen LogP contribution in [0.3, 0.4) is 0 Å². The van der Waals surface area contributed by atoms with E-state index in [9.17, 15) is 0 Å². The summed E-state index contributed by atoms with van der Waals surface area (Å²) in [6.07, 6.45) is 9.84. The topological polar surface area (TPSA) is 82.3 Å². The van der Waals surface area contributed by atoms with E-state index in [1.165, 1.54) is 38.5 Å². The van der Waals surface area contributed by atoms with Crippen molar-refractivity contribution in [3.63, 3.8) is 0 Å². The molecule has 1 saturated heterocycles. The summed E-state index contributed by atoms with van der Waals surface area (Å²) in [6.45, 7) is 5.70. The molecule has 1 aliphatic carbocycles. The van der Waals surface area contributed by atoms with Gasteiger partial charge in [-0.25, -0.2) is 9.98 Å². The number of guanidine groups is 1. The second-order valence-corrected chi connectivity index (χ2v) is 7.49. The van der Waals surface area contributed by atoms with Crippen molar-refractivity contribution in [3.05, 3.63) is 24.2 Å². The molecule has 1 spiro atoms. The fraction of sp³-hybridized carbons (Fsp3) is 0.632. The number of H-pyrrole nitrogens is 1. The first-order valence-corrected chi connectivity index (χ1v) is 9.76. The largest absolute Gasteiger partial charge is 0.461 e. The summed E-state index contributed by atoms with van der Waals surface area (Å²) in [5.41, 5.74) is 0.521. The summed E-state index contributed by atoms with van der Waals surface area (Å²) in [6, 6.07) is 3.69. The molecule has 0 aromatic carbocycles. The number of aromatic amines is 1. The molecule has 0 radical (unpaired) electrons. The van der Waals surface area contributed by atoms with E-state index in [0.717, 1.165) is 31.4 Å². The molecule has 7 nitrogen and oxygen atoms in total. The Balaban J connectivity index is 1.43. The number of rotatable bonds is 4. The first kappa shape index (κ1) is 17.1. The monoisotopic (exact) mass is 356 g/mol. The van der Waals surface area contributed by atoms with Crippen LogP contribution < -0.4 is 5.32 Å². The van der Waals surface area contributed by atoms with Crippen molar-refractivity contribution in [3.8, 4) is 11.6 Å². The van der Waals surface area contributed by atoms with E-state index in [4.69, 9.17) is 9.41 Å². The Morgan fingerprint density at radius 2 is 2.23 bits per heavy atom. The highest BCUT2D eigenvalue weighted by atomic mass is 16.3. The van der Waals surface area contributed by atoms with E-state index in [1.807, 2.05) is 12.1 Å². The average Bonchev–Trinajstić information content (AvgIpc) is 3.40. The molecule has 2 N–H and O–H groups in total. The molecule has 2 fully saturated rings. The van der Waals surface area contributed by atoms with Gasteiger partial charge in [0.2, 0.25) is 5.82 Å². The van der Waals surface area contributed by atoms with Crippen LogP contribution in [-0.2, 0) is 6.54 Å². The molecule has 0 bridgehead atoms. The Bertz CT molecular complexity index is 729. The number of nitrogens with zero attached hydrogens (tertiary/aromatic N) is 4. The Hall–Kier alpha value is -2.31. The minimum absolute atomic E-state index is 0.486. The lowest BCUT2D eigenvalue weighted by atomic mass is 9.73. The van der Waals surface area contributed by atoms with Crippen molar-refractivity contribution in [2.75, 3.05) is 19.6 Å². The summed E-state index contributed by atoms with van der Waals surface area (Å²) >= 11 is 0. The fourth-order valence-electron chi connectivity index (χ4n) is 4.28. The first-order chi connectivity index (χ1) is 12.8. The van der Waals surface area contributed by atoms with Crippen molar-refractivity contribution in [2.24, 2.45) is 10.4 Å². The predicted octanol–water partition coefficient (Wildman–Crippen LogP) is 3.19. The molecule has 26 heavy (non-hydrogen) atoms. The molecule has 2 aromatic heterocycles. The zero-order valence-corrected chi connectivity index (χ0v) is 15.5. The molecule has 2 aromatic rings. The lowest BCUT2D eigenvalue weighted by molar-refractivity contribution is 0.203. The molecule has 4 rings (SSSR count). The SMILES string of the molecule is CCNC(=NCc1nc(-c2ccco2)n[nH]1)N1CCC2(CCCCC2)C1. The van der Waals surface area contributed by atoms with Crippen molar-refractivity contribution in [1.29, 1.82) is 0 Å². The van der Waals surface area contributed by atoms with E-state index in [2.05, 4.69) is 32.3 Å². The molecule has 1 saturated carbocycles. The highest BCUT2D eigenvalue weighted by Crippen LogP contribution is 2.43. The van der Waals surface area contributed by atoms with Gasteiger partial charge in [0.05, 0.1) is 6.26 Å². The number of aliphatic imine (C=N–C) groups is 1. The van der Waals surface area contributed by atoms with Gasteiger partial charge in [-0.2, -0.15) is 0 Å². The summed E-state index contributed by atoms with van der Waals surface area (Å²) in [4.78, 5) is 11.7. The second kappa shape index (κ2) is 7.51. The van der Waals surface area contributed by atoms with Crippen molar-refractivity contribution in [1.82, 2.24) is 25.4 Å². The zero-order valence-electron chi connectivity index (χ0n) is 15.5. The third-order valence-corrected chi connectivity index (χ3v) is 5.64. The van der Waals surface area contributed by atoms with Gasteiger partial charge in [0.1, 0.15) is 12.4 Å². The molecule has 0 amide bonds. The number of hydrogen-bond donors (Lipinski definition) is 2. The summed E-state index contributed by atoms with van der Waals surface area (Å²) in [5, 5.41) is 10.6. The van der Waals surface area contributed by atoms with Crippen molar-refractivity contribution in [2.45, 2.75) is 52.0 Å². The highest BCUT2D eigenvalue weighted by molar-refractivity contribution is 5.80. The number of nitrogens with one attached hydrogen (secondary N) is 2. The summed E-state index contributed by atoms with van der Waals surface area (Å²) in [7, 11) is 0. The maximum Gasteiger partial charge on any atom is 0.216 e. The minimum atomic E-state index is 0.486. The molecule has 7 heteroatoms. The molecule has 2 aliphatic rings. The Morgan fingerprint density at radius 1 is 1.35 bits per heavy atom. The van der Waals surface area contributed by atoms with E-state index < -0.39 is 0 Å². The van der Waals surface area contributed by atoms with Crippen LogP contribution in [0.4, 0.5) is 0 Å². The second-order valence-electron chi connectivity index (χ2n) is 7.49. The van der Waals surface area contributed by atoms with Gasteiger partial charge in [-0.15, -0.1) is 5.10 Å². The average molecular weight is 356 g/mol. The smallest absolute Gasteiger partial charge is 0.216 e. The predicted molar refractivity (Wildman–Crippen MR) is 101 cm³/mol. The van der Waals surface area contributed by atoms with Gasteiger partial charge < -0.3 is 14.6 Å². The van der Waals surface area contributed by atoms with Crippen LogP contribution in [0.5, 0.6) is 0 Å². The molecular weight excluding hydrogens is 328 g/mol. The lowest BCUT2D eigenvalue weighted by Gasteiger charge is -2.33. The van der Waals surface area contributed by atoms with Crippen LogP contribution in [-0.4, -0.2) is 45.7 Å². The van der Waals surface area contributed by atoms with Crippen LogP contribution in [0, 0.1) is 5.41 Å². The van der Waals surface area contributed by atoms with Gasteiger partial charge in [-0.3, -0.25) is 5.10 Å². The molecule has 0 unspecified atom stereocenters. The van der Waals surface area contributed by atoms with Gasteiger partial charge in [-0.1, -0.05) is 19.3 Å². The van der Waals surface area contributed by atoms with Crippen molar-refractivity contribution < 1.29 is 4.42 Å². The standard InChI is InChI=1S/C19H28N6O/c1-2-20-18(25-11-10-19(14-25)8-4-3-5-9-19)21-13-16-22-17(24-23-16)15-7-6-12-26-15/h6-7,12H,2-5,8-11,13-14H2,1H3,(H,20,21)(H,22,23,24). The van der Waals surface area contributed by atoms with Gasteiger partial charge >= 0.3 is 0 Å². The molecule has 140 valence electrons. The van der Waals surface area contributed by atoms with E-state index >= 15 is 0 Å². The van der Waals surface area contributed by atoms with Crippen LogP contribution in [0.2, 0.25) is 0 Å². The Morgan fingerprint density at radius 3 is 3.00 bits per heavy atom. The van der Waals surface area contributed by atoms with Gasteiger partial charge in [0.15, 0.2) is 11.7 Å². The van der Waals surface area contributed by atoms with Crippen LogP contribution in [0.25, 0.3) is 11.6 Å². The normalized spacial score (nSPS) is 20.0. The highest BCUT2D eigenvalue weighted by Gasteiger charge is 2.39. The summed E-state index contributed by atoms with van der Waals surface area (Å²) < 4.78 is 5.34. The van der Waals surface area contributed by atoms with Gasteiger partial charge in [0, 0.05) is 19.6 Å². The first-order valence-electron chi connectivity index (χ1n) is 9.76. The van der Waals surface area contributed by atoms with Crippen LogP contribution >= 0.6 is 0 Å². The van der Waals surface area contributed by atoms with E-state index in [0.29, 0.717) is 23.5 Å². The summed E-state index contributed by atoms with van der Waals surface area (Å²) in [5.74, 6) is 2.99. The third-order valence-electron chi connectivity index (χ3n) is 5.64. The lowest BCUT2D eigenvalue weighted by Crippen LogP contribution is -2.41. The molecular formula is C19H28N6O. The number of aromatic nitrogens is 3. The maximum absolute atomic E-state index is 5.34. The van der Waals surface area contributed by atoms with E-state index in [1.54, 1.807) is 6.26 Å². The molecule has 0 atom stereocenters. The Kier molecular flexibility index (Phi) is 4.95. The quantitative estimate of drug-likeness (QED) is 0.649. The van der Waals surface area contributed by atoms with Gasteiger partial charge in [-0.05, 0) is 43.7 Å². The number of hydrogen-bond acceptors (Lipinski definition) is 4. The van der Waals surface area contributed by atoms with Crippen molar-refractivity contribution >= 4 is 5.96 Å². The van der Waals surface area contributed by atoms with E-state index in [-0.39, 0.29) is 0 Å². The maximum atomic E-state index is 5.34. The number of furan rings is 1. The Labute approximate surface area is 154 Å². The third kappa shape index (κ3) is 3.61. The van der Waals surface area contributed by atoms with Gasteiger partial charge in [0.25, 0.3) is 0 Å². The van der Waals surface area contributed by atoms with Crippen LogP contribution in [0.1, 0.15) is 51.3 Å². The fourth-order valence-corrected chi connectivity index (χ4v) is 4.28.